The SMILES string of the molecule is COC(C)Cc1nc(=S)c(C)c(-c2ccccc2)[nH]1. The molecular weight excluding hydrogens is 256 g/mol. The van der Waals surface area contributed by atoms with Crippen LogP contribution in [0.25, 0.3) is 11.3 Å². The van der Waals surface area contributed by atoms with Gasteiger partial charge >= 0.3 is 0 Å². The Balaban J connectivity index is 2.46. The summed E-state index contributed by atoms with van der Waals surface area (Å²) in [6.07, 6.45) is 0.838. The Bertz CT molecular complexity index is 607. The third-order valence-electron chi connectivity index (χ3n) is 3.15. The van der Waals surface area contributed by atoms with Gasteiger partial charge in [0.2, 0.25) is 0 Å². The van der Waals surface area contributed by atoms with Crippen LogP contribution in [-0.2, 0) is 11.2 Å². The second-order valence-corrected chi connectivity index (χ2v) is 4.99. The normalized spacial score (nSPS) is 12.4. The summed E-state index contributed by atoms with van der Waals surface area (Å²) in [4.78, 5) is 7.80. The number of nitrogens with one attached hydrogen (secondary N) is 1. The molecule has 2 rings (SSSR count). The van der Waals surface area contributed by atoms with E-state index in [0.717, 1.165) is 29.1 Å². The van der Waals surface area contributed by atoms with E-state index in [0.29, 0.717) is 4.64 Å². The molecule has 0 aliphatic heterocycles. The highest BCUT2D eigenvalue weighted by Gasteiger charge is 2.09. The summed E-state index contributed by atoms with van der Waals surface area (Å²) < 4.78 is 5.92. The summed E-state index contributed by atoms with van der Waals surface area (Å²) in [6.45, 7) is 4.01. The summed E-state index contributed by atoms with van der Waals surface area (Å²) in [5.74, 6) is 0.865. The number of rotatable bonds is 4. The number of aromatic amines is 1. The number of methoxy groups -OCH3 is 1. The van der Waals surface area contributed by atoms with Gasteiger partial charge in [0.05, 0.1) is 11.8 Å². The monoisotopic (exact) mass is 274 g/mol. The maximum Gasteiger partial charge on any atom is 0.133 e. The van der Waals surface area contributed by atoms with E-state index in [4.69, 9.17) is 17.0 Å². The van der Waals surface area contributed by atoms with Crippen molar-refractivity contribution in [2.45, 2.75) is 26.4 Å². The van der Waals surface area contributed by atoms with Crippen molar-refractivity contribution in [1.82, 2.24) is 9.97 Å². The van der Waals surface area contributed by atoms with Crippen molar-refractivity contribution in [2.24, 2.45) is 0 Å². The van der Waals surface area contributed by atoms with Crippen molar-refractivity contribution in [2.75, 3.05) is 7.11 Å². The van der Waals surface area contributed by atoms with Crippen molar-refractivity contribution >= 4 is 12.2 Å². The van der Waals surface area contributed by atoms with Crippen LogP contribution in [0.1, 0.15) is 18.3 Å². The van der Waals surface area contributed by atoms with Gasteiger partial charge in [-0.3, -0.25) is 0 Å². The molecule has 100 valence electrons. The molecule has 1 heterocycles. The first-order valence-corrected chi connectivity index (χ1v) is 6.70. The quantitative estimate of drug-likeness (QED) is 0.864. The van der Waals surface area contributed by atoms with Gasteiger partial charge in [0, 0.05) is 19.1 Å². The zero-order valence-electron chi connectivity index (χ0n) is 11.4. The number of ether oxygens (including phenoxy) is 1. The van der Waals surface area contributed by atoms with Gasteiger partial charge in [-0.2, -0.15) is 0 Å². The molecule has 1 aromatic heterocycles. The minimum atomic E-state index is 0.115. The first-order chi connectivity index (χ1) is 9.11. The molecule has 1 atom stereocenters. The Morgan fingerprint density at radius 3 is 2.63 bits per heavy atom. The number of hydrogen-bond acceptors (Lipinski definition) is 3. The lowest BCUT2D eigenvalue weighted by Crippen LogP contribution is -2.12. The van der Waals surface area contributed by atoms with E-state index in [1.165, 1.54) is 0 Å². The van der Waals surface area contributed by atoms with Crippen LogP contribution in [-0.4, -0.2) is 23.2 Å². The third kappa shape index (κ3) is 3.28. The Kier molecular flexibility index (Phi) is 4.45. The predicted octanol–water partition coefficient (Wildman–Crippen LogP) is 3.69. The van der Waals surface area contributed by atoms with Gasteiger partial charge in [-0.25, -0.2) is 4.98 Å². The summed E-state index contributed by atoms with van der Waals surface area (Å²) in [5.41, 5.74) is 3.17. The molecule has 0 fully saturated rings. The van der Waals surface area contributed by atoms with Crippen LogP contribution < -0.4 is 0 Å². The fourth-order valence-electron chi connectivity index (χ4n) is 1.93. The van der Waals surface area contributed by atoms with Crippen LogP contribution in [0.2, 0.25) is 0 Å². The Morgan fingerprint density at radius 1 is 1.32 bits per heavy atom. The minimum absolute atomic E-state index is 0.115. The molecule has 2 aromatic rings. The minimum Gasteiger partial charge on any atom is -0.381 e. The van der Waals surface area contributed by atoms with Gasteiger partial charge in [0.1, 0.15) is 10.5 Å². The molecule has 3 nitrogen and oxygen atoms in total. The van der Waals surface area contributed by atoms with Gasteiger partial charge in [0.25, 0.3) is 0 Å². The summed E-state index contributed by atoms with van der Waals surface area (Å²) in [7, 11) is 1.70. The standard InChI is InChI=1S/C15H18N2OS/c1-10(18-3)9-13-16-14(11(2)15(19)17-13)12-7-5-4-6-8-12/h4-8,10H,9H2,1-3H3,(H,16,17,19). The van der Waals surface area contributed by atoms with Crippen molar-refractivity contribution in [3.8, 4) is 11.3 Å². The van der Waals surface area contributed by atoms with Crippen molar-refractivity contribution in [1.29, 1.82) is 0 Å². The van der Waals surface area contributed by atoms with Crippen LogP contribution in [0.4, 0.5) is 0 Å². The summed E-state index contributed by atoms with van der Waals surface area (Å²) in [5, 5.41) is 0. The maximum atomic E-state index is 5.35. The van der Waals surface area contributed by atoms with Crippen LogP contribution in [0, 0.1) is 11.6 Å². The number of nitrogens with zero attached hydrogens (tertiary/aromatic N) is 1. The van der Waals surface area contributed by atoms with E-state index in [-0.39, 0.29) is 6.10 Å². The highest BCUT2D eigenvalue weighted by atomic mass is 32.1. The summed E-state index contributed by atoms with van der Waals surface area (Å²) >= 11 is 5.35. The van der Waals surface area contributed by atoms with E-state index in [2.05, 4.69) is 22.1 Å². The zero-order valence-corrected chi connectivity index (χ0v) is 12.3. The lowest BCUT2D eigenvalue weighted by atomic mass is 10.1. The largest absolute Gasteiger partial charge is 0.381 e. The molecule has 0 spiro atoms. The molecule has 0 amide bonds. The van der Waals surface area contributed by atoms with E-state index < -0.39 is 0 Å². The van der Waals surface area contributed by atoms with Crippen molar-refractivity contribution < 1.29 is 4.74 Å². The highest BCUT2D eigenvalue weighted by molar-refractivity contribution is 7.71. The number of aromatic nitrogens is 2. The number of hydrogen-bond donors (Lipinski definition) is 1. The van der Waals surface area contributed by atoms with Crippen molar-refractivity contribution in [3.63, 3.8) is 0 Å². The van der Waals surface area contributed by atoms with Gasteiger partial charge in [-0.1, -0.05) is 42.5 Å². The molecule has 0 saturated carbocycles. The Hall–Kier alpha value is -1.52. The summed E-state index contributed by atoms with van der Waals surface area (Å²) in [6, 6.07) is 10.2. The molecule has 1 N–H and O–H groups in total. The fraction of sp³-hybridized carbons (Fsp3) is 0.333. The van der Waals surface area contributed by atoms with Gasteiger partial charge < -0.3 is 9.72 Å². The molecule has 0 aliphatic rings. The molecule has 1 unspecified atom stereocenters. The van der Waals surface area contributed by atoms with Gasteiger partial charge in [0.15, 0.2) is 0 Å². The molecule has 0 saturated heterocycles. The maximum absolute atomic E-state index is 5.35. The smallest absolute Gasteiger partial charge is 0.133 e. The average molecular weight is 274 g/mol. The van der Waals surface area contributed by atoms with Crippen LogP contribution >= 0.6 is 12.2 Å². The van der Waals surface area contributed by atoms with Crippen LogP contribution in [0.5, 0.6) is 0 Å². The van der Waals surface area contributed by atoms with E-state index >= 15 is 0 Å². The molecule has 0 bridgehead atoms. The van der Waals surface area contributed by atoms with E-state index in [1.54, 1.807) is 7.11 Å². The van der Waals surface area contributed by atoms with Crippen molar-refractivity contribution in [3.05, 3.63) is 46.4 Å². The third-order valence-corrected chi connectivity index (χ3v) is 3.54. The average Bonchev–Trinajstić information content (AvgIpc) is 2.43. The first-order valence-electron chi connectivity index (χ1n) is 6.30. The van der Waals surface area contributed by atoms with Gasteiger partial charge in [-0.05, 0) is 19.4 Å². The second kappa shape index (κ2) is 6.08. The molecule has 0 aliphatic carbocycles. The number of benzene rings is 1. The fourth-order valence-corrected chi connectivity index (χ4v) is 2.14. The first kappa shape index (κ1) is 13.9. The van der Waals surface area contributed by atoms with Gasteiger partial charge in [-0.15, -0.1) is 0 Å². The molecule has 0 radical (unpaired) electrons. The topological polar surface area (TPSA) is 37.9 Å². The van der Waals surface area contributed by atoms with Crippen LogP contribution in [0.15, 0.2) is 30.3 Å². The lowest BCUT2D eigenvalue weighted by Gasteiger charge is -2.12. The lowest BCUT2D eigenvalue weighted by molar-refractivity contribution is 0.117. The molecular formula is C15H18N2OS. The highest BCUT2D eigenvalue weighted by Crippen LogP contribution is 2.21. The predicted molar refractivity (Wildman–Crippen MR) is 79.8 cm³/mol. The van der Waals surface area contributed by atoms with E-state index in [1.807, 2.05) is 32.0 Å². The van der Waals surface area contributed by atoms with E-state index in [9.17, 15) is 0 Å². The Labute approximate surface area is 118 Å². The molecule has 1 aromatic carbocycles. The molecule has 4 heteroatoms. The zero-order chi connectivity index (χ0) is 13.8. The Morgan fingerprint density at radius 2 is 2.00 bits per heavy atom. The second-order valence-electron chi connectivity index (χ2n) is 4.61. The van der Waals surface area contributed by atoms with Crippen LogP contribution in [0.3, 0.4) is 0 Å². The molecule has 19 heavy (non-hydrogen) atoms. The number of H-pyrrole nitrogens is 1.